The molecular weight excluding hydrogens is 333 g/mol. The van der Waals surface area contributed by atoms with Crippen LogP contribution in [0.5, 0.6) is 0 Å². The van der Waals surface area contributed by atoms with E-state index in [1.165, 1.54) is 12.3 Å². The van der Waals surface area contributed by atoms with E-state index in [0.29, 0.717) is 6.54 Å². The van der Waals surface area contributed by atoms with Crippen LogP contribution in [-0.4, -0.2) is 44.6 Å². The molecule has 134 valence electrons. The van der Waals surface area contributed by atoms with Gasteiger partial charge >= 0.3 is 0 Å². The fourth-order valence-electron chi connectivity index (χ4n) is 3.37. The molecule has 2 atom stereocenters. The first-order chi connectivity index (χ1) is 12.7. The molecule has 1 aliphatic heterocycles. The fraction of sp³-hybridized carbons (Fsp3) is 0.316. The summed E-state index contributed by atoms with van der Waals surface area (Å²) in [5, 5.41) is 0. The molecule has 7 heteroatoms. The van der Waals surface area contributed by atoms with E-state index in [2.05, 4.69) is 24.8 Å². The van der Waals surface area contributed by atoms with Gasteiger partial charge in [0, 0.05) is 38.2 Å². The van der Waals surface area contributed by atoms with Crippen molar-refractivity contribution in [2.45, 2.75) is 25.1 Å². The van der Waals surface area contributed by atoms with Crippen LogP contribution in [0, 0.1) is 5.82 Å². The summed E-state index contributed by atoms with van der Waals surface area (Å²) in [5.74, 6) is 0.569. The zero-order valence-electron chi connectivity index (χ0n) is 14.5. The Balaban J connectivity index is 1.56. The van der Waals surface area contributed by atoms with Gasteiger partial charge in [-0.05, 0) is 30.7 Å². The van der Waals surface area contributed by atoms with Crippen LogP contribution in [0.25, 0.3) is 11.3 Å². The van der Waals surface area contributed by atoms with Gasteiger partial charge in [0.2, 0.25) is 0 Å². The highest BCUT2D eigenvalue weighted by Crippen LogP contribution is 2.33. The van der Waals surface area contributed by atoms with E-state index < -0.39 is 0 Å². The highest BCUT2D eigenvalue weighted by atomic mass is 19.1. The van der Waals surface area contributed by atoms with Crippen molar-refractivity contribution in [3.05, 3.63) is 66.4 Å². The van der Waals surface area contributed by atoms with Gasteiger partial charge < -0.3 is 9.72 Å². The zero-order chi connectivity index (χ0) is 17.9. The molecule has 0 aliphatic carbocycles. The first kappa shape index (κ1) is 16.8. The third-order valence-electron chi connectivity index (χ3n) is 4.74. The van der Waals surface area contributed by atoms with Crippen molar-refractivity contribution < 1.29 is 9.13 Å². The van der Waals surface area contributed by atoms with E-state index in [9.17, 15) is 4.39 Å². The number of methoxy groups -OCH3 is 1. The normalized spacial score (nSPS) is 20.5. The number of likely N-dealkylation sites (tertiary alicyclic amines) is 1. The third kappa shape index (κ3) is 3.49. The number of imidazole rings is 1. The van der Waals surface area contributed by atoms with E-state index >= 15 is 0 Å². The number of halogens is 1. The molecule has 0 saturated carbocycles. The number of H-pyrrole nitrogens is 1. The van der Waals surface area contributed by atoms with Crippen LogP contribution >= 0.6 is 0 Å². The molecule has 26 heavy (non-hydrogen) atoms. The lowest BCUT2D eigenvalue weighted by molar-refractivity contribution is 0.107. The molecule has 0 spiro atoms. The molecule has 4 rings (SSSR count). The monoisotopic (exact) mass is 353 g/mol. The van der Waals surface area contributed by atoms with E-state index in [-0.39, 0.29) is 18.0 Å². The standard InChI is InChI=1S/C19H20FN5O/c1-26-16-7-18(25(12-16)11-15-5-4-14(20)9-22-15)19-23-10-17(24-19)13-3-2-6-21-8-13/h2-6,8-10,16,18H,7,11-12H2,1H3,(H,23,24)/t16-,18+/m1/s1. The van der Waals surface area contributed by atoms with Crippen molar-refractivity contribution in [3.8, 4) is 11.3 Å². The van der Waals surface area contributed by atoms with Gasteiger partial charge in [-0.25, -0.2) is 9.37 Å². The largest absolute Gasteiger partial charge is 0.380 e. The van der Waals surface area contributed by atoms with Crippen molar-refractivity contribution in [2.75, 3.05) is 13.7 Å². The number of nitrogens with zero attached hydrogens (tertiary/aromatic N) is 4. The number of hydrogen-bond acceptors (Lipinski definition) is 5. The fourth-order valence-corrected chi connectivity index (χ4v) is 3.37. The number of pyridine rings is 2. The second-order valence-corrected chi connectivity index (χ2v) is 6.43. The van der Waals surface area contributed by atoms with Crippen molar-refractivity contribution in [1.29, 1.82) is 0 Å². The first-order valence-electron chi connectivity index (χ1n) is 8.55. The predicted octanol–water partition coefficient (Wildman–Crippen LogP) is 2.97. The Hall–Kier alpha value is -2.64. The minimum Gasteiger partial charge on any atom is -0.380 e. The molecular formula is C19H20FN5O. The lowest BCUT2D eigenvalue weighted by atomic mass is 10.2. The number of aromatic amines is 1. The summed E-state index contributed by atoms with van der Waals surface area (Å²) in [4.78, 5) is 18.6. The number of aromatic nitrogens is 4. The van der Waals surface area contributed by atoms with Crippen molar-refractivity contribution in [3.63, 3.8) is 0 Å². The Kier molecular flexibility index (Phi) is 4.73. The van der Waals surface area contributed by atoms with E-state index in [4.69, 9.17) is 4.74 Å². The van der Waals surface area contributed by atoms with Gasteiger partial charge in [0.05, 0.1) is 35.9 Å². The molecule has 1 N–H and O–H groups in total. The van der Waals surface area contributed by atoms with Gasteiger partial charge in [-0.3, -0.25) is 14.9 Å². The van der Waals surface area contributed by atoms with Crippen molar-refractivity contribution >= 4 is 0 Å². The van der Waals surface area contributed by atoms with E-state index in [1.807, 2.05) is 24.5 Å². The smallest absolute Gasteiger partial charge is 0.141 e. The Labute approximate surface area is 151 Å². The minimum absolute atomic E-state index is 0.0947. The first-order valence-corrected chi connectivity index (χ1v) is 8.55. The number of ether oxygens (including phenoxy) is 1. The van der Waals surface area contributed by atoms with Crippen LogP contribution in [0.3, 0.4) is 0 Å². The maximum atomic E-state index is 13.1. The summed E-state index contributed by atoms with van der Waals surface area (Å²) in [6.07, 6.45) is 7.62. The molecule has 0 unspecified atom stereocenters. The van der Waals surface area contributed by atoms with Crippen LogP contribution < -0.4 is 0 Å². The van der Waals surface area contributed by atoms with Crippen LogP contribution in [-0.2, 0) is 11.3 Å². The highest BCUT2D eigenvalue weighted by molar-refractivity contribution is 5.56. The van der Waals surface area contributed by atoms with Gasteiger partial charge in [-0.1, -0.05) is 0 Å². The summed E-state index contributed by atoms with van der Waals surface area (Å²) >= 11 is 0. The van der Waals surface area contributed by atoms with E-state index in [0.717, 1.165) is 35.7 Å². The number of rotatable bonds is 5. The molecule has 1 aliphatic rings. The maximum Gasteiger partial charge on any atom is 0.141 e. The second-order valence-electron chi connectivity index (χ2n) is 6.43. The third-order valence-corrected chi connectivity index (χ3v) is 4.74. The molecule has 3 aromatic rings. The Morgan fingerprint density at radius 3 is 2.88 bits per heavy atom. The molecule has 0 aromatic carbocycles. The number of nitrogens with one attached hydrogen (secondary N) is 1. The predicted molar refractivity (Wildman–Crippen MR) is 94.6 cm³/mol. The second kappa shape index (κ2) is 7.31. The average molecular weight is 353 g/mol. The SMILES string of the molecule is CO[C@@H]1C[C@@H](c2ncc(-c3cccnc3)[nH]2)N(Cc2ccc(F)cn2)C1. The highest BCUT2D eigenvalue weighted by Gasteiger charge is 2.35. The Morgan fingerprint density at radius 2 is 2.15 bits per heavy atom. The average Bonchev–Trinajstić information content (AvgIpc) is 3.31. The van der Waals surface area contributed by atoms with Crippen LogP contribution in [0.15, 0.2) is 49.1 Å². The quantitative estimate of drug-likeness (QED) is 0.764. The summed E-state index contributed by atoms with van der Waals surface area (Å²) < 4.78 is 18.7. The molecule has 1 fully saturated rings. The molecule has 4 heterocycles. The molecule has 0 bridgehead atoms. The lowest BCUT2D eigenvalue weighted by Gasteiger charge is -2.22. The van der Waals surface area contributed by atoms with Crippen LogP contribution in [0.1, 0.15) is 24.0 Å². The van der Waals surface area contributed by atoms with Gasteiger partial charge in [0.25, 0.3) is 0 Å². The summed E-state index contributed by atoms with van der Waals surface area (Å²) in [6.45, 7) is 1.40. The Bertz CT molecular complexity index is 852. The van der Waals surface area contributed by atoms with Crippen LogP contribution in [0.4, 0.5) is 4.39 Å². The van der Waals surface area contributed by atoms with Gasteiger partial charge in [-0.2, -0.15) is 0 Å². The molecule has 3 aromatic heterocycles. The molecule has 6 nitrogen and oxygen atoms in total. The molecule has 1 saturated heterocycles. The number of hydrogen-bond donors (Lipinski definition) is 1. The minimum atomic E-state index is -0.325. The summed E-state index contributed by atoms with van der Waals surface area (Å²) in [5.41, 5.74) is 2.76. The lowest BCUT2D eigenvalue weighted by Crippen LogP contribution is -2.25. The van der Waals surface area contributed by atoms with Crippen LogP contribution in [0.2, 0.25) is 0 Å². The van der Waals surface area contributed by atoms with Gasteiger partial charge in [0.1, 0.15) is 11.6 Å². The van der Waals surface area contributed by atoms with E-state index in [1.54, 1.807) is 19.4 Å². The van der Waals surface area contributed by atoms with Crippen molar-refractivity contribution in [2.24, 2.45) is 0 Å². The summed E-state index contributed by atoms with van der Waals surface area (Å²) in [7, 11) is 1.73. The summed E-state index contributed by atoms with van der Waals surface area (Å²) in [6, 6.07) is 7.15. The van der Waals surface area contributed by atoms with Gasteiger partial charge in [0.15, 0.2) is 0 Å². The topological polar surface area (TPSA) is 66.9 Å². The maximum absolute atomic E-state index is 13.1. The Morgan fingerprint density at radius 1 is 1.23 bits per heavy atom. The molecule has 0 amide bonds. The zero-order valence-corrected chi connectivity index (χ0v) is 14.5. The van der Waals surface area contributed by atoms with Crippen molar-refractivity contribution in [1.82, 2.24) is 24.8 Å². The molecule has 0 radical (unpaired) electrons. The van der Waals surface area contributed by atoms with Gasteiger partial charge in [-0.15, -0.1) is 0 Å².